The molecule has 1 amide bonds. The van der Waals surface area contributed by atoms with E-state index in [1.54, 1.807) is 24.3 Å². The average Bonchev–Trinajstić information content (AvgIpc) is 3.14. The predicted molar refractivity (Wildman–Crippen MR) is 119 cm³/mol. The summed E-state index contributed by atoms with van der Waals surface area (Å²) in [5, 5.41) is 11.8. The van der Waals surface area contributed by atoms with Crippen molar-refractivity contribution in [2.45, 2.75) is 11.3 Å². The Labute approximate surface area is 196 Å². The molecule has 3 rings (SSSR count). The van der Waals surface area contributed by atoms with E-state index in [2.05, 4.69) is 10.1 Å². The zero-order chi connectivity index (χ0) is 24.9. The van der Waals surface area contributed by atoms with E-state index in [1.807, 2.05) is 6.07 Å². The van der Waals surface area contributed by atoms with Gasteiger partial charge in [-0.2, -0.15) is 5.26 Å². The number of nitrogen functional groups attached to an aromatic ring is 1. The molecule has 34 heavy (non-hydrogen) atoms. The van der Waals surface area contributed by atoms with Crippen LogP contribution in [0.2, 0.25) is 0 Å². The number of nitrogens with one attached hydrogen (secondary N) is 1. The first-order valence-electron chi connectivity index (χ1n) is 9.49. The standard InChI is InChI=1S/C22H17F3N4O4S/c1-32-21(31)20-19(27)13(10-26)11-29(20)15-4-8-17(9-5-15)34-12-18(30)28-14-2-6-16(7-3-14)33-22(23,24)25/h2-9,11H,12,27H2,1H3,(H,28,30). The topological polar surface area (TPSA) is 119 Å². The lowest BCUT2D eigenvalue weighted by molar-refractivity contribution is -0.274. The highest BCUT2D eigenvalue weighted by atomic mass is 32.2. The number of hydrogen-bond acceptors (Lipinski definition) is 7. The molecule has 2 aromatic carbocycles. The quantitative estimate of drug-likeness (QED) is 0.373. The van der Waals surface area contributed by atoms with Crippen LogP contribution in [0.4, 0.5) is 24.5 Å². The number of carbonyl (C=O) groups excluding carboxylic acids is 2. The summed E-state index contributed by atoms with van der Waals surface area (Å²) in [6.07, 6.45) is -3.36. The van der Waals surface area contributed by atoms with Gasteiger partial charge < -0.3 is 25.1 Å². The normalized spacial score (nSPS) is 10.9. The van der Waals surface area contributed by atoms with Gasteiger partial charge in [-0.3, -0.25) is 4.79 Å². The highest BCUT2D eigenvalue weighted by Gasteiger charge is 2.31. The monoisotopic (exact) mass is 490 g/mol. The smallest absolute Gasteiger partial charge is 0.464 e. The number of amides is 1. The minimum absolute atomic E-state index is 0.0162. The summed E-state index contributed by atoms with van der Waals surface area (Å²) >= 11 is 1.23. The van der Waals surface area contributed by atoms with Crippen molar-refractivity contribution >= 4 is 35.0 Å². The van der Waals surface area contributed by atoms with Crippen molar-refractivity contribution in [3.8, 4) is 17.5 Å². The van der Waals surface area contributed by atoms with Crippen molar-refractivity contribution in [1.29, 1.82) is 5.26 Å². The number of alkyl halides is 3. The molecule has 3 aromatic rings. The Hall–Kier alpha value is -4.11. The van der Waals surface area contributed by atoms with Crippen LogP contribution in [0, 0.1) is 11.3 Å². The number of carbonyl (C=O) groups is 2. The van der Waals surface area contributed by atoms with Crippen LogP contribution in [0.5, 0.6) is 5.75 Å². The zero-order valence-electron chi connectivity index (χ0n) is 17.6. The number of hydrogen-bond donors (Lipinski definition) is 2. The molecule has 0 atom stereocenters. The summed E-state index contributed by atoms with van der Waals surface area (Å²) < 4.78 is 46.6. The summed E-state index contributed by atoms with van der Waals surface area (Å²) in [5.74, 6) is -1.39. The highest BCUT2D eigenvalue weighted by Crippen LogP contribution is 2.27. The van der Waals surface area contributed by atoms with Crippen molar-refractivity contribution in [2.24, 2.45) is 0 Å². The fourth-order valence-electron chi connectivity index (χ4n) is 2.91. The first-order chi connectivity index (χ1) is 16.1. The number of nitrogens with zero attached hydrogens (tertiary/aromatic N) is 2. The van der Waals surface area contributed by atoms with Gasteiger partial charge in [0.1, 0.15) is 11.8 Å². The largest absolute Gasteiger partial charge is 0.573 e. The van der Waals surface area contributed by atoms with Gasteiger partial charge in [0.25, 0.3) is 0 Å². The van der Waals surface area contributed by atoms with E-state index in [1.165, 1.54) is 41.8 Å². The number of rotatable bonds is 7. The molecule has 0 spiro atoms. The van der Waals surface area contributed by atoms with Crippen molar-refractivity contribution < 1.29 is 32.2 Å². The number of nitrogens with two attached hydrogens (primary N) is 1. The van der Waals surface area contributed by atoms with Crippen LogP contribution in [0.15, 0.2) is 59.6 Å². The van der Waals surface area contributed by atoms with E-state index in [0.29, 0.717) is 11.4 Å². The molecule has 0 radical (unpaired) electrons. The van der Waals surface area contributed by atoms with Gasteiger partial charge in [0.15, 0.2) is 5.69 Å². The van der Waals surface area contributed by atoms with E-state index in [-0.39, 0.29) is 34.4 Å². The second-order valence-electron chi connectivity index (χ2n) is 6.68. The molecule has 176 valence electrons. The van der Waals surface area contributed by atoms with E-state index >= 15 is 0 Å². The number of methoxy groups -OCH3 is 1. The first kappa shape index (κ1) is 24.5. The molecule has 3 N–H and O–H groups in total. The van der Waals surface area contributed by atoms with Gasteiger partial charge in [0.05, 0.1) is 24.1 Å². The number of aromatic nitrogens is 1. The SMILES string of the molecule is COC(=O)c1c(N)c(C#N)cn1-c1ccc(SCC(=O)Nc2ccc(OC(F)(F)F)cc2)cc1. The molecule has 12 heteroatoms. The average molecular weight is 490 g/mol. The summed E-state index contributed by atoms with van der Waals surface area (Å²) in [7, 11) is 1.21. The van der Waals surface area contributed by atoms with E-state index in [4.69, 9.17) is 10.5 Å². The third-order valence-corrected chi connectivity index (χ3v) is 5.41. The van der Waals surface area contributed by atoms with Gasteiger partial charge in [-0.05, 0) is 48.5 Å². The Morgan fingerprint density at radius 1 is 1.15 bits per heavy atom. The fraction of sp³-hybridized carbons (Fsp3) is 0.136. The maximum atomic E-state index is 12.2. The van der Waals surface area contributed by atoms with Crippen LogP contribution >= 0.6 is 11.8 Å². The molecular formula is C22H17F3N4O4S. The van der Waals surface area contributed by atoms with Gasteiger partial charge in [0.2, 0.25) is 5.91 Å². The van der Waals surface area contributed by atoms with Gasteiger partial charge >= 0.3 is 12.3 Å². The van der Waals surface area contributed by atoms with Crippen molar-refractivity contribution in [2.75, 3.05) is 23.9 Å². The van der Waals surface area contributed by atoms with Gasteiger partial charge in [0, 0.05) is 22.5 Å². The lowest BCUT2D eigenvalue weighted by atomic mass is 10.2. The predicted octanol–water partition coefficient (Wildman–Crippen LogP) is 4.35. The third-order valence-electron chi connectivity index (χ3n) is 4.40. The number of halogens is 3. The molecule has 0 aliphatic carbocycles. The molecule has 1 heterocycles. The van der Waals surface area contributed by atoms with E-state index < -0.39 is 12.3 Å². The number of esters is 1. The maximum Gasteiger partial charge on any atom is 0.573 e. The summed E-state index contributed by atoms with van der Waals surface area (Å²) in [6, 6.07) is 13.5. The second-order valence-corrected chi connectivity index (χ2v) is 7.73. The lowest BCUT2D eigenvalue weighted by Gasteiger charge is -2.10. The zero-order valence-corrected chi connectivity index (χ0v) is 18.4. The Morgan fingerprint density at radius 3 is 2.35 bits per heavy atom. The van der Waals surface area contributed by atoms with Crippen molar-refractivity contribution in [1.82, 2.24) is 4.57 Å². The highest BCUT2D eigenvalue weighted by molar-refractivity contribution is 8.00. The molecule has 0 bridgehead atoms. The van der Waals surface area contributed by atoms with Crippen molar-refractivity contribution in [3.63, 3.8) is 0 Å². The molecular weight excluding hydrogens is 473 g/mol. The molecule has 0 saturated heterocycles. The molecule has 0 unspecified atom stereocenters. The Kier molecular flexibility index (Phi) is 7.37. The fourth-order valence-corrected chi connectivity index (χ4v) is 3.61. The van der Waals surface area contributed by atoms with E-state index in [9.17, 15) is 28.0 Å². The first-order valence-corrected chi connectivity index (χ1v) is 10.5. The Morgan fingerprint density at radius 2 is 1.79 bits per heavy atom. The number of ether oxygens (including phenoxy) is 2. The lowest BCUT2D eigenvalue weighted by Crippen LogP contribution is -2.17. The van der Waals surface area contributed by atoms with Crippen LogP contribution in [0.1, 0.15) is 16.1 Å². The minimum Gasteiger partial charge on any atom is -0.464 e. The van der Waals surface area contributed by atoms with Crippen LogP contribution < -0.4 is 15.8 Å². The number of benzene rings is 2. The maximum absolute atomic E-state index is 12.2. The minimum atomic E-state index is -4.79. The molecule has 0 fully saturated rings. The summed E-state index contributed by atoms with van der Waals surface area (Å²) in [5.41, 5.74) is 6.95. The molecule has 0 aliphatic rings. The number of nitriles is 1. The number of thioether (sulfide) groups is 1. The Balaban J connectivity index is 1.62. The van der Waals surface area contributed by atoms with Crippen LogP contribution in [-0.4, -0.2) is 35.7 Å². The summed E-state index contributed by atoms with van der Waals surface area (Å²) in [6.45, 7) is 0. The van der Waals surface area contributed by atoms with Gasteiger partial charge in [-0.1, -0.05) is 0 Å². The molecule has 1 aromatic heterocycles. The molecule has 0 aliphatic heterocycles. The van der Waals surface area contributed by atoms with E-state index in [0.717, 1.165) is 17.0 Å². The van der Waals surface area contributed by atoms with Crippen LogP contribution in [-0.2, 0) is 9.53 Å². The molecule has 8 nitrogen and oxygen atoms in total. The third kappa shape index (κ3) is 6.02. The van der Waals surface area contributed by atoms with Crippen LogP contribution in [0.25, 0.3) is 5.69 Å². The molecule has 0 saturated carbocycles. The van der Waals surface area contributed by atoms with Gasteiger partial charge in [-0.15, -0.1) is 24.9 Å². The summed E-state index contributed by atoms with van der Waals surface area (Å²) in [4.78, 5) is 25.0. The number of anilines is 2. The Bertz CT molecular complexity index is 1230. The van der Waals surface area contributed by atoms with Crippen molar-refractivity contribution in [3.05, 3.63) is 66.0 Å². The second kappa shape index (κ2) is 10.2. The van der Waals surface area contributed by atoms with Gasteiger partial charge in [-0.25, -0.2) is 4.79 Å². The van der Waals surface area contributed by atoms with Crippen LogP contribution in [0.3, 0.4) is 0 Å².